The lowest BCUT2D eigenvalue weighted by Gasteiger charge is -2.40. The highest BCUT2D eigenvalue weighted by Crippen LogP contribution is 2.31. The van der Waals surface area contributed by atoms with Crippen LogP contribution in [0, 0.1) is 5.92 Å². The van der Waals surface area contributed by atoms with E-state index in [4.69, 9.17) is 0 Å². The van der Waals surface area contributed by atoms with Crippen LogP contribution < -0.4 is 5.32 Å². The van der Waals surface area contributed by atoms with E-state index in [0.29, 0.717) is 36.9 Å². The summed E-state index contributed by atoms with van der Waals surface area (Å²) in [6, 6.07) is 3.47. The molecule has 0 radical (unpaired) electrons. The molecule has 3 aromatic heterocycles. The molecule has 4 amide bonds. The Morgan fingerprint density at radius 1 is 1.13 bits per heavy atom. The Hall–Kier alpha value is -4.35. The van der Waals surface area contributed by atoms with Crippen molar-refractivity contribution in [2.45, 2.75) is 45.7 Å². The van der Waals surface area contributed by atoms with Gasteiger partial charge in [-0.2, -0.15) is 5.10 Å². The van der Waals surface area contributed by atoms with Gasteiger partial charge in [0.1, 0.15) is 0 Å². The molecule has 2 unspecified atom stereocenters. The van der Waals surface area contributed by atoms with Crippen molar-refractivity contribution >= 4 is 40.4 Å². The second-order valence-electron chi connectivity index (χ2n) is 10.1. The van der Waals surface area contributed by atoms with Crippen LogP contribution in [0.4, 0.5) is 4.79 Å². The quantitative estimate of drug-likeness (QED) is 0.523. The van der Waals surface area contributed by atoms with Crippen molar-refractivity contribution in [2.75, 3.05) is 19.6 Å². The smallest absolute Gasteiger partial charge is 0.320 e. The van der Waals surface area contributed by atoms with E-state index in [9.17, 15) is 19.2 Å². The highest BCUT2D eigenvalue weighted by atomic mass is 16.2. The van der Waals surface area contributed by atoms with Gasteiger partial charge < -0.3 is 14.4 Å². The first-order valence-electron chi connectivity index (χ1n) is 12.9. The van der Waals surface area contributed by atoms with Gasteiger partial charge in [0.2, 0.25) is 5.78 Å². The SMILES string of the molecule is CCC1CCC(C)N(C(=O)N2CCn3cc(C4=C(c5cnc6cccnn56)C(=O)NC4=O)nc3C(=O)C2)C1. The van der Waals surface area contributed by atoms with Crippen LogP contribution in [0.15, 0.2) is 30.7 Å². The van der Waals surface area contributed by atoms with Crippen LogP contribution >= 0.6 is 0 Å². The summed E-state index contributed by atoms with van der Waals surface area (Å²) in [6.45, 7) is 5.48. The van der Waals surface area contributed by atoms with E-state index in [-0.39, 0.29) is 47.1 Å². The molecule has 1 N–H and O–H groups in total. The molecule has 2 atom stereocenters. The van der Waals surface area contributed by atoms with Crippen molar-refractivity contribution in [1.82, 2.24) is 39.3 Å². The fourth-order valence-electron chi connectivity index (χ4n) is 5.55. The van der Waals surface area contributed by atoms with Crippen molar-refractivity contribution in [3.05, 3.63) is 47.9 Å². The maximum atomic E-state index is 13.4. The summed E-state index contributed by atoms with van der Waals surface area (Å²) in [4.78, 5) is 64.5. The maximum Gasteiger partial charge on any atom is 0.320 e. The molecule has 0 bridgehead atoms. The number of imidazole rings is 2. The number of fused-ring (bicyclic) bond motifs is 2. The minimum atomic E-state index is -0.599. The Morgan fingerprint density at radius 2 is 1.95 bits per heavy atom. The zero-order valence-electron chi connectivity index (χ0n) is 21.3. The number of rotatable bonds is 3. The number of hydrogen-bond donors (Lipinski definition) is 1. The predicted octanol–water partition coefficient (Wildman–Crippen LogP) is 1.62. The topological polar surface area (TPSA) is 135 Å². The van der Waals surface area contributed by atoms with E-state index in [2.05, 4.69) is 34.2 Å². The van der Waals surface area contributed by atoms with E-state index in [1.165, 1.54) is 10.7 Å². The van der Waals surface area contributed by atoms with Crippen LogP contribution in [-0.2, 0) is 16.1 Å². The van der Waals surface area contributed by atoms with Crippen LogP contribution in [0.5, 0.6) is 0 Å². The number of nitrogens with one attached hydrogen (secondary N) is 1. The van der Waals surface area contributed by atoms with Gasteiger partial charge in [0.05, 0.1) is 35.3 Å². The molecule has 1 saturated heterocycles. The van der Waals surface area contributed by atoms with Gasteiger partial charge in [-0.05, 0) is 37.8 Å². The average molecular weight is 517 g/mol. The molecule has 12 nitrogen and oxygen atoms in total. The monoisotopic (exact) mass is 516 g/mol. The van der Waals surface area contributed by atoms with Crippen LogP contribution in [0.25, 0.3) is 16.8 Å². The zero-order chi connectivity index (χ0) is 26.6. The van der Waals surface area contributed by atoms with Crippen LogP contribution in [0.3, 0.4) is 0 Å². The second-order valence-corrected chi connectivity index (χ2v) is 10.1. The first-order chi connectivity index (χ1) is 18.4. The minimum absolute atomic E-state index is 0.0662. The van der Waals surface area contributed by atoms with E-state index in [0.717, 1.165) is 19.3 Å². The summed E-state index contributed by atoms with van der Waals surface area (Å²) < 4.78 is 3.14. The lowest BCUT2D eigenvalue weighted by atomic mass is 9.92. The van der Waals surface area contributed by atoms with Gasteiger partial charge in [0.25, 0.3) is 11.8 Å². The van der Waals surface area contributed by atoms with E-state index >= 15 is 0 Å². The van der Waals surface area contributed by atoms with E-state index in [1.807, 2.05) is 4.90 Å². The molecule has 0 aromatic carbocycles. The number of carbonyl (C=O) groups is 4. The van der Waals surface area contributed by atoms with Crippen LogP contribution in [-0.4, -0.2) is 83.3 Å². The summed E-state index contributed by atoms with van der Waals surface area (Å²) in [5.74, 6) is -0.865. The van der Waals surface area contributed by atoms with Gasteiger partial charge in [-0.15, -0.1) is 0 Å². The van der Waals surface area contributed by atoms with E-state index in [1.54, 1.807) is 34.0 Å². The van der Waals surface area contributed by atoms with Crippen LogP contribution in [0.2, 0.25) is 0 Å². The Labute approximate surface area is 218 Å². The van der Waals surface area contributed by atoms with Gasteiger partial charge in [-0.25, -0.2) is 19.3 Å². The zero-order valence-corrected chi connectivity index (χ0v) is 21.3. The molecule has 0 saturated carbocycles. The number of amides is 4. The molecule has 3 aliphatic rings. The number of carbonyl (C=O) groups excluding carboxylic acids is 4. The summed E-state index contributed by atoms with van der Waals surface area (Å²) in [5.41, 5.74) is 1.26. The van der Waals surface area contributed by atoms with Crippen molar-refractivity contribution in [3.8, 4) is 0 Å². The number of aromatic nitrogens is 5. The third-order valence-corrected chi connectivity index (χ3v) is 7.77. The molecule has 3 aromatic rings. The van der Waals surface area contributed by atoms with E-state index < -0.39 is 11.8 Å². The molecule has 3 aliphatic heterocycles. The van der Waals surface area contributed by atoms with Crippen molar-refractivity contribution in [1.29, 1.82) is 0 Å². The maximum absolute atomic E-state index is 13.4. The Balaban J connectivity index is 1.30. The Kier molecular flexibility index (Phi) is 5.81. The number of likely N-dealkylation sites (tertiary alicyclic amines) is 1. The van der Waals surface area contributed by atoms with Gasteiger partial charge in [-0.3, -0.25) is 19.7 Å². The number of urea groups is 1. The van der Waals surface area contributed by atoms with Crippen LogP contribution in [0.1, 0.15) is 55.1 Å². The number of piperidine rings is 1. The summed E-state index contributed by atoms with van der Waals surface area (Å²) in [6.07, 6.45) is 7.73. The molecule has 0 aliphatic carbocycles. The molecule has 196 valence electrons. The Morgan fingerprint density at radius 3 is 2.76 bits per heavy atom. The largest absolute Gasteiger partial charge is 0.326 e. The first kappa shape index (κ1) is 24.0. The summed E-state index contributed by atoms with van der Waals surface area (Å²) >= 11 is 0. The van der Waals surface area contributed by atoms with Gasteiger partial charge in [0.15, 0.2) is 11.5 Å². The van der Waals surface area contributed by atoms with Crippen molar-refractivity contribution < 1.29 is 19.2 Å². The standard InChI is InChI=1S/C26H28N8O4/c1-3-16-7-6-15(2)33(12-16)26(38)32-10-9-31-13-17(29-23(31)19(35)14-32)21-22(25(37)30-24(21)36)18-11-27-20-5-4-8-28-34(18)20/h4-5,8,11,13,15-16H,3,6-7,9-10,12,14H2,1-2H3,(H,30,36,37). The highest BCUT2D eigenvalue weighted by Gasteiger charge is 2.38. The highest BCUT2D eigenvalue weighted by molar-refractivity contribution is 6.48. The molecular weight excluding hydrogens is 488 g/mol. The predicted molar refractivity (Wildman–Crippen MR) is 136 cm³/mol. The number of imide groups is 1. The fourth-order valence-corrected chi connectivity index (χ4v) is 5.55. The fraction of sp³-hybridized carbons (Fsp3) is 0.423. The molecule has 1 fully saturated rings. The summed E-state index contributed by atoms with van der Waals surface area (Å²) in [5, 5.41) is 6.58. The number of hydrogen-bond acceptors (Lipinski definition) is 7. The molecule has 6 rings (SSSR count). The first-order valence-corrected chi connectivity index (χ1v) is 12.9. The normalized spacial score (nSPS) is 22.2. The number of ketones is 1. The molecule has 12 heteroatoms. The Bertz CT molecular complexity index is 1520. The van der Waals surface area contributed by atoms with Crippen molar-refractivity contribution in [3.63, 3.8) is 0 Å². The lowest BCUT2D eigenvalue weighted by molar-refractivity contribution is -0.122. The second kappa shape index (κ2) is 9.19. The van der Waals surface area contributed by atoms with Crippen molar-refractivity contribution in [2.24, 2.45) is 5.92 Å². The third-order valence-electron chi connectivity index (χ3n) is 7.77. The average Bonchev–Trinajstić information content (AvgIpc) is 3.58. The number of nitrogens with zero attached hydrogens (tertiary/aromatic N) is 7. The number of Topliss-reactive ketones (excluding diaryl/α,β-unsaturated/α-hetero) is 1. The van der Waals surface area contributed by atoms with Gasteiger partial charge in [0, 0.05) is 38.1 Å². The molecule has 6 heterocycles. The summed E-state index contributed by atoms with van der Waals surface area (Å²) in [7, 11) is 0. The third kappa shape index (κ3) is 3.87. The minimum Gasteiger partial charge on any atom is -0.326 e. The molecule has 38 heavy (non-hydrogen) atoms. The lowest BCUT2D eigenvalue weighted by Crippen LogP contribution is -2.52. The van der Waals surface area contributed by atoms with Gasteiger partial charge in [-0.1, -0.05) is 13.3 Å². The van der Waals surface area contributed by atoms with Gasteiger partial charge >= 0.3 is 6.03 Å². The molecule has 0 spiro atoms. The molecular formula is C26H28N8O4.